The second-order valence-corrected chi connectivity index (χ2v) is 5.44. The number of anilines is 1. The Bertz CT molecular complexity index is 562. The molecule has 0 radical (unpaired) electrons. The van der Waals surface area contributed by atoms with Gasteiger partial charge in [-0.25, -0.2) is 0 Å². The van der Waals surface area contributed by atoms with Crippen molar-refractivity contribution in [3.8, 4) is 0 Å². The summed E-state index contributed by atoms with van der Waals surface area (Å²) in [5.41, 5.74) is 3.34. The average Bonchev–Trinajstić information content (AvgIpc) is 2.47. The lowest BCUT2D eigenvalue weighted by molar-refractivity contribution is -0.120. The minimum absolute atomic E-state index is 0.0648. The van der Waals surface area contributed by atoms with Crippen molar-refractivity contribution in [3.05, 3.63) is 65.7 Å². The number of hydrogen-bond donors (Lipinski definition) is 2. The van der Waals surface area contributed by atoms with Crippen molar-refractivity contribution in [1.29, 1.82) is 0 Å². The zero-order chi connectivity index (χ0) is 15.1. The molecule has 0 fully saturated rings. The van der Waals surface area contributed by atoms with Gasteiger partial charge in [-0.3, -0.25) is 4.79 Å². The monoisotopic (exact) mass is 282 g/mol. The van der Waals surface area contributed by atoms with E-state index in [9.17, 15) is 4.79 Å². The second kappa shape index (κ2) is 7.48. The molecule has 2 rings (SSSR count). The number of amides is 1. The van der Waals surface area contributed by atoms with Crippen molar-refractivity contribution < 1.29 is 4.79 Å². The Labute approximate surface area is 126 Å². The van der Waals surface area contributed by atoms with Crippen molar-refractivity contribution >= 4 is 11.6 Å². The third-order valence-electron chi connectivity index (χ3n) is 3.11. The fourth-order valence-corrected chi connectivity index (χ4v) is 2.10. The summed E-state index contributed by atoms with van der Waals surface area (Å²) in [5, 5.41) is 6.27. The van der Waals surface area contributed by atoms with Gasteiger partial charge in [0.25, 0.3) is 0 Å². The highest BCUT2D eigenvalue weighted by atomic mass is 16.1. The first-order valence-electron chi connectivity index (χ1n) is 7.29. The Morgan fingerprint density at radius 2 is 1.62 bits per heavy atom. The van der Waals surface area contributed by atoms with Crippen LogP contribution in [0.25, 0.3) is 0 Å². The number of carbonyl (C=O) groups is 1. The third kappa shape index (κ3) is 5.30. The van der Waals surface area contributed by atoms with Gasteiger partial charge >= 0.3 is 0 Å². The van der Waals surface area contributed by atoms with Gasteiger partial charge in [0, 0.05) is 18.3 Å². The molecule has 0 unspecified atom stereocenters. The van der Waals surface area contributed by atoms with E-state index in [1.807, 2.05) is 56.3 Å². The van der Waals surface area contributed by atoms with Crippen LogP contribution < -0.4 is 10.6 Å². The Morgan fingerprint density at radius 1 is 0.952 bits per heavy atom. The summed E-state index contributed by atoms with van der Waals surface area (Å²) in [6.45, 7) is 4.73. The highest BCUT2D eigenvalue weighted by Gasteiger charge is 2.04. The zero-order valence-electron chi connectivity index (χ0n) is 12.6. The molecule has 0 aliphatic rings. The smallest absolute Gasteiger partial charge is 0.224 e. The molecule has 3 heteroatoms. The zero-order valence-corrected chi connectivity index (χ0v) is 12.6. The largest absolute Gasteiger partial charge is 0.381 e. The molecule has 0 saturated carbocycles. The van der Waals surface area contributed by atoms with Gasteiger partial charge in [0.05, 0.1) is 6.42 Å². The standard InChI is InChI=1S/C18H22N2O/c1-14(2)20-18(21)12-15-8-10-17(11-9-15)19-13-16-6-4-3-5-7-16/h3-11,14,19H,12-13H2,1-2H3,(H,20,21). The van der Waals surface area contributed by atoms with Gasteiger partial charge in [-0.15, -0.1) is 0 Å². The van der Waals surface area contributed by atoms with Crippen LogP contribution in [-0.2, 0) is 17.8 Å². The quantitative estimate of drug-likeness (QED) is 0.853. The number of rotatable bonds is 6. The fourth-order valence-electron chi connectivity index (χ4n) is 2.10. The molecule has 110 valence electrons. The summed E-state index contributed by atoms with van der Waals surface area (Å²) >= 11 is 0. The minimum Gasteiger partial charge on any atom is -0.381 e. The Morgan fingerprint density at radius 3 is 2.24 bits per heavy atom. The summed E-state index contributed by atoms with van der Waals surface area (Å²) in [7, 11) is 0. The van der Waals surface area contributed by atoms with Crippen molar-refractivity contribution in [3.63, 3.8) is 0 Å². The SMILES string of the molecule is CC(C)NC(=O)Cc1ccc(NCc2ccccc2)cc1. The number of hydrogen-bond acceptors (Lipinski definition) is 2. The molecule has 0 aromatic heterocycles. The highest BCUT2D eigenvalue weighted by Crippen LogP contribution is 2.11. The highest BCUT2D eigenvalue weighted by molar-refractivity contribution is 5.78. The van der Waals surface area contributed by atoms with E-state index in [2.05, 4.69) is 22.8 Å². The van der Waals surface area contributed by atoms with Crippen LogP contribution in [-0.4, -0.2) is 11.9 Å². The van der Waals surface area contributed by atoms with E-state index in [0.717, 1.165) is 17.8 Å². The third-order valence-corrected chi connectivity index (χ3v) is 3.11. The van der Waals surface area contributed by atoms with Crippen LogP contribution in [0.4, 0.5) is 5.69 Å². The second-order valence-electron chi connectivity index (χ2n) is 5.44. The molecule has 3 nitrogen and oxygen atoms in total. The summed E-state index contributed by atoms with van der Waals surface area (Å²) < 4.78 is 0. The fraction of sp³-hybridized carbons (Fsp3) is 0.278. The summed E-state index contributed by atoms with van der Waals surface area (Å²) in [4.78, 5) is 11.7. The predicted octanol–water partition coefficient (Wildman–Crippen LogP) is 3.37. The topological polar surface area (TPSA) is 41.1 Å². The van der Waals surface area contributed by atoms with E-state index in [-0.39, 0.29) is 11.9 Å². The van der Waals surface area contributed by atoms with E-state index in [0.29, 0.717) is 6.42 Å². The maximum Gasteiger partial charge on any atom is 0.224 e. The molecule has 0 aliphatic heterocycles. The van der Waals surface area contributed by atoms with E-state index >= 15 is 0 Å². The van der Waals surface area contributed by atoms with Crippen molar-refractivity contribution in [2.24, 2.45) is 0 Å². The Balaban J connectivity index is 1.86. The van der Waals surface area contributed by atoms with Gasteiger partial charge in [0.15, 0.2) is 0 Å². The molecular formula is C18H22N2O. The summed E-state index contributed by atoms with van der Waals surface area (Å²) in [5.74, 6) is 0.0648. The number of carbonyl (C=O) groups excluding carboxylic acids is 1. The maximum atomic E-state index is 11.7. The van der Waals surface area contributed by atoms with Gasteiger partial charge in [-0.05, 0) is 37.1 Å². The summed E-state index contributed by atoms with van der Waals surface area (Å²) in [6.07, 6.45) is 0.428. The lowest BCUT2D eigenvalue weighted by atomic mass is 10.1. The van der Waals surface area contributed by atoms with Gasteiger partial charge in [0.2, 0.25) is 5.91 Å². The molecule has 0 spiro atoms. The lowest BCUT2D eigenvalue weighted by Crippen LogP contribution is -2.31. The number of benzene rings is 2. The van der Waals surface area contributed by atoms with E-state index in [4.69, 9.17) is 0 Å². The maximum absolute atomic E-state index is 11.7. The van der Waals surface area contributed by atoms with Crippen LogP contribution in [0, 0.1) is 0 Å². The molecule has 0 heterocycles. The Kier molecular flexibility index (Phi) is 5.38. The lowest BCUT2D eigenvalue weighted by Gasteiger charge is -2.09. The van der Waals surface area contributed by atoms with Gasteiger partial charge < -0.3 is 10.6 Å². The summed E-state index contributed by atoms with van der Waals surface area (Å²) in [6, 6.07) is 18.5. The molecule has 21 heavy (non-hydrogen) atoms. The van der Waals surface area contributed by atoms with E-state index < -0.39 is 0 Å². The average molecular weight is 282 g/mol. The molecule has 2 aromatic carbocycles. The number of nitrogens with one attached hydrogen (secondary N) is 2. The molecular weight excluding hydrogens is 260 g/mol. The van der Waals surface area contributed by atoms with Crippen molar-refractivity contribution in [1.82, 2.24) is 5.32 Å². The predicted molar refractivity (Wildman–Crippen MR) is 87.2 cm³/mol. The van der Waals surface area contributed by atoms with E-state index in [1.165, 1.54) is 5.56 Å². The molecule has 2 N–H and O–H groups in total. The molecule has 0 aliphatic carbocycles. The first kappa shape index (κ1) is 15.1. The van der Waals surface area contributed by atoms with Crippen LogP contribution in [0.5, 0.6) is 0 Å². The van der Waals surface area contributed by atoms with Gasteiger partial charge in [-0.2, -0.15) is 0 Å². The molecule has 0 bridgehead atoms. The minimum atomic E-state index is 0.0648. The normalized spacial score (nSPS) is 10.4. The van der Waals surface area contributed by atoms with Crippen LogP contribution in [0.1, 0.15) is 25.0 Å². The van der Waals surface area contributed by atoms with Crippen molar-refractivity contribution in [2.45, 2.75) is 32.9 Å². The molecule has 2 aromatic rings. The van der Waals surface area contributed by atoms with Crippen LogP contribution in [0.3, 0.4) is 0 Å². The molecule has 0 atom stereocenters. The first-order valence-corrected chi connectivity index (χ1v) is 7.29. The Hall–Kier alpha value is -2.29. The van der Waals surface area contributed by atoms with Gasteiger partial charge in [-0.1, -0.05) is 42.5 Å². The molecule has 0 saturated heterocycles. The van der Waals surface area contributed by atoms with Crippen molar-refractivity contribution in [2.75, 3.05) is 5.32 Å². The van der Waals surface area contributed by atoms with E-state index in [1.54, 1.807) is 0 Å². The first-order chi connectivity index (χ1) is 10.1. The molecule has 1 amide bonds. The van der Waals surface area contributed by atoms with Crippen LogP contribution in [0.15, 0.2) is 54.6 Å². The van der Waals surface area contributed by atoms with Crippen LogP contribution in [0.2, 0.25) is 0 Å². The van der Waals surface area contributed by atoms with Gasteiger partial charge in [0.1, 0.15) is 0 Å². The van der Waals surface area contributed by atoms with Crippen LogP contribution >= 0.6 is 0 Å².